The molecular weight excluding hydrogens is 310 g/mol. The van der Waals surface area contributed by atoms with Gasteiger partial charge in [0, 0.05) is 6.54 Å². The summed E-state index contributed by atoms with van der Waals surface area (Å²) in [5.41, 5.74) is 1.48. The van der Waals surface area contributed by atoms with Crippen molar-refractivity contribution in [3.63, 3.8) is 0 Å². The van der Waals surface area contributed by atoms with Crippen molar-refractivity contribution in [3.05, 3.63) is 76.2 Å². The summed E-state index contributed by atoms with van der Waals surface area (Å²) in [5.74, 6) is 0.258. The molecule has 2 aromatic heterocycles. The van der Waals surface area contributed by atoms with Crippen molar-refractivity contribution in [3.8, 4) is 0 Å². The molecule has 1 N–H and O–H groups in total. The third-order valence-electron chi connectivity index (χ3n) is 3.41. The van der Waals surface area contributed by atoms with Crippen molar-refractivity contribution >= 4 is 27.5 Å². The summed E-state index contributed by atoms with van der Waals surface area (Å²) in [6, 6.07) is 11.5. The molecule has 0 saturated carbocycles. The smallest absolute Gasteiger partial charge is 0.268 e. The zero-order chi connectivity index (χ0) is 16.2. The van der Waals surface area contributed by atoms with E-state index in [1.807, 2.05) is 35.7 Å². The van der Waals surface area contributed by atoms with E-state index in [1.54, 1.807) is 11.0 Å². The van der Waals surface area contributed by atoms with E-state index in [4.69, 9.17) is 0 Å². The molecule has 0 spiro atoms. The quantitative estimate of drug-likeness (QED) is 0.734. The zero-order valence-corrected chi connectivity index (χ0v) is 13.2. The molecule has 3 aromatic rings. The van der Waals surface area contributed by atoms with Gasteiger partial charge in [-0.3, -0.25) is 9.59 Å². The Morgan fingerprint density at radius 3 is 2.78 bits per heavy atom. The number of nitrogens with one attached hydrogen (secondary N) is 1. The minimum absolute atomic E-state index is 0.175. The fourth-order valence-corrected chi connectivity index (χ4v) is 3.05. The van der Waals surface area contributed by atoms with Gasteiger partial charge in [-0.15, -0.1) is 11.3 Å². The summed E-state index contributed by atoms with van der Waals surface area (Å²) in [5, 5.41) is 1.83. The molecule has 0 fully saturated rings. The molecule has 0 aliphatic heterocycles. The average molecular weight is 325 g/mol. The molecular formula is C17H15N3O2S. The Hall–Kier alpha value is -2.73. The minimum atomic E-state index is -0.207. The van der Waals surface area contributed by atoms with Gasteiger partial charge >= 0.3 is 0 Å². The maximum atomic E-state index is 12.1. The maximum absolute atomic E-state index is 12.1. The number of aromatic nitrogens is 2. The molecule has 23 heavy (non-hydrogen) atoms. The fraction of sp³-hybridized carbons (Fsp3) is 0.118. The molecule has 0 unspecified atom stereocenters. The lowest BCUT2D eigenvalue weighted by molar-refractivity contribution is -0.127. The lowest BCUT2D eigenvalue weighted by atomic mass is 10.2. The van der Waals surface area contributed by atoms with Crippen LogP contribution in [0.25, 0.3) is 10.2 Å². The number of H-pyrrole nitrogens is 1. The Morgan fingerprint density at radius 2 is 2.04 bits per heavy atom. The molecule has 0 saturated heterocycles. The molecule has 0 radical (unpaired) electrons. The van der Waals surface area contributed by atoms with Crippen LogP contribution in [0, 0.1) is 0 Å². The summed E-state index contributed by atoms with van der Waals surface area (Å²) in [6.07, 6.45) is 1.27. The van der Waals surface area contributed by atoms with Crippen LogP contribution in [0.1, 0.15) is 11.4 Å². The highest BCUT2D eigenvalue weighted by molar-refractivity contribution is 7.17. The van der Waals surface area contributed by atoms with Gasteiger partial charge in [0.25, 0.3) is 5.56 Å². The van der Waals surface area contributed by atoms with Crippen molar-refractivity contribution in [2.24, 2.45) is 0 Å². The molecule has 0 aliphatic rings. The van der Waals surface area contributed by atoms with E-state index in [-0.39, 0.29) is 18.0 Å². The summed E-state index contributed by atoms with van der Waals surface area (Å²) in [7, 11) is 0. The van der Waals surface area contributed by atoms with Crippen molar-refractivity contribution in [1.82, 2.24) is 14.9 Å². The summed E-state index contributed by atoms with van der Waals surface area (Å²) >= 11 is 1.35. The van der Waals surface area contributed by atoms with Crippen molar-refractivity contribution in [2.45, 2.75) is 13.1 Å². The van der Waals surface area contributed by atoms with Gasteiger partial charge in [-0.05, 0) is 23.1 Å². The second-order valence-corrected chi connectivity index (χ2v) is 5.95. The number of amides is 1. The van der Waals surface area contributed by atoms with Crippen molar-refractivity contribution in [2.75, 3.05) is 0 Å². The second-order valence-electron chi connectivity index (χ2n) is 5.03. The minimum Gasteiger partial charge on any atom is -0.327 e. The SMILES string of the molecule is C=CC(=O)N(Cc1ccccc1)Cc1nc2ccsc2c(=O)[nH]1. The average Bonchev–Trinajstić information content (AvgIpc) is 3.03. The van der Waals surface area contributed by atoms with Crippen molar-refractivity contribution < 1.29 is 4.79 Å². The van der Waals surface area contributed by atoms with E-state index >= 15 is 0 Å². The van der Waals surface area contributed by atoms with Crippen molar-refractivity contribution in [1.29, 1.82) is 0 Å². The lowest BCUT2D eigenvalue weighted by Gasteiger charge is -2.20. The highest BCUT2D eigenvalue weighted by Gasteiger charge is 2.14. The number of aromatic amines is 1. The number of nitrogens with zero attached hydrogens (tertiary/aromatic N) is 2. The Balaban J connectivity index is 1.89. The monoisotopic (exact) mass is 325 g/mol. The van der Waals surface area contributed by atoms with Crippen LogP contribution in [0.5, 0.6) is 0 Å². The topological polar surface area (TPSA) is 66.1 Å². The van der Waals surface area contributed by atoms with Crippen LogP contribution in [-0.2, 0) is 17.9 Å². The third-order valence-corrected chi connectivity index (χ3v) is 4.31. The van der Waals surface area contributed by atoms with E-state index in [9.17, 15) is 9.59 Å². The third kappa shape index (κ3) is 3.37. The number of carbonyl (C=O) groups is 1. The van der Waals surface area contributed by atoms with Crippen LogP contribution in [0.3, 0.4) is 0 Å². The highest BCUT2D eigenvalue weighted by atomic mass is 32.1. The molecule has 2 heterocycles. The van der Waals surface area contributed by atoms with Crippen LogP contribution in [0.2, 0.25) is 0 Å². The molecule has 1 aromatic carbocycles. The molecule has 116 valence electrons. The van der Waals surface area contributed by atoms with Gasteiger partial charge in [0.2, 0.25) is 5.91 Å². The molecule has 1 amide bonds. The van der Waals surface area contributed by atoms with Gasteiger partial charge in [-0.2, -0.15) is 0 Å². The second kappa shape index (κ2) is 6.58. The first-order chi connectivity index (χ1) is 11.2. The molecule has 0 bridgehead atoms. The summed E-state index contributed by atoms with van der Waals surface area (Å²) in [6.45, 7) is 4.19. The van der Waals surface area contributed by atoms with E-state index in [1.165, 1.54) is 17.4 Å². The normalized spacial score (nSPS) is 10.6. The number of fused-ring (bicyclic) bond motifs is 1. The number of carbonyl (C=O) groups excluding carboxylic acids is 1. The largest absolute Gasteiger partial charge is 0.327 e. The Bertz CT molecular complexity index is 899. The van der Waals surface area contributed by atoms with Gasteiger partial charge in [-0.1, -0.05) is 36.9 Å². The highest BCUT2D eigenvalue weighted by Crippen LogP contribution is 2.15. The van der Waals surface area contributed by atoms with E-state index < -0.39 is 0 Å². The Kier molecular flexibility index (Phi) is 4.34. The number of thiophene rings is 1. The van der Waals surface area contributed by atoms with Gasteiger partial charge in [0.05, 0.1) is 12.1 Å². The Labute approximate surface area is 136 Å². The molecule has 0 atom stereocenters. The molecule has 3 rings (SSSR count). The van der Waals surface area contributed by atoms with Crippen LogP contribution < -0.4 is 5.56 Å². The fourth-order valence-electron chi connectivity index (χ4n) is 2.32. The molecule has 5 nitrogen and oxygen atoms in total. The van der Waals surface area contributed by atoms with E-state index in [0.717, 1.165) is 5.56 Å². The van der Waals surface area contributed by atoms with E-state index in [0.29, 0.717) is 22.6 Å². The van der Waals surface area contributed by atoms with Gasteiger partial charge in [0.15, 0.2) is 0 Å². The Morgan fingerprint density at radius 1 is 1.26 bits per heavy atom. The first-order valence-corrected chi connectivity index (χ1v) is 7.97. The summed E-state index contributed by atoms with van der Waals surface area (Å²) < 4.78 is 0.596. The lowest BCUT2D eigenvalue weighted by Crippen LogP contribution is -2.30. The number of rotatable bonds is 5. The van der Waals surface area contributed by atoms with Gasteiger partial charge in [0.1, 0.15) is 10.5 Å². The molecule has 0 aliphatic carbocycles. The van der Waals surface area contributed by atoms with Gasteiger partial charge < -0.3 is 9.88 Å². The first-order valence-electron chi connectivity index (χ1n) is 7.09. The van der Waals surface area contributed by atoms with Crippen LogP contribution in [0.4, 0.5) is 0 Å². The van der Waals surface area contributed by atoms with E-state index in [2.05, 4.69) is 16.5 Å². The predicted molar refractivity (Wildman–Crippen MR) is 91.1 cm³/mol. The maximum Gasteiger partial charge on any atom is 0.268 e. The summed E-state index contributed by atoms with van der Waals surface area (Å²) in [4.78, 5) is 32.9. The zero-order valence-electron chi connectivity index (χ0n) is 12.4. The molecule has 6 heteroatoms. The first kappa shape index (κ1) is 15.2. The standard InChI is InChI=1S/C17H15N3O2S/c1-2-15(21)20(10-12-6-4-3-5-7-12)11-14-18-13-8-9-23-16(13)17(22)19-14/h2-9H,1,10-11H2,(H,18,19,22). The van der Waals surface area contributed by atoms with Gasteiger partial charge in [-0.25, -0.2) is 4.98 Å². The van der Waals surface area contributed by atoms with Crippen LogP contribution >= 0.6 is 11.3 Å². The van der Waals surface area contributed by atoms with Crippen LogP contribution in [0.15, 0.2) is 59.2 Å². The predicted octanol–water partition coefficient (Wildman–Crippen LogP) is 2.70. The number of hydrogen-bond acceptors (Lipinski definition) is 4. The van der Waals surface area contributed by atoms with Crippen LogP contribution in [-0.4, -0.2) is 20.8 Å². The number of benzene rings is 1. The number of hydrogen-bond donors (Lipinski definition) is 1.